The first-order valence-electron chi connectivity index (χ1n) is 6.20. The highest BCUT2D eigenvalue weighted by molar-refractivity contribution is 9.10. The average Bonchev–Trinajstić information content (AvgIpc) is 2.46. The van der Waals surface area contributed by atoms with Crippen LogP contribution in [0.15, 0.2) is 46.9 Å². The molecule has 0 aliphatic rings. The molecule has 0 atom stereocenters. The van der Waals surface area contributed by atoms with Crippen LogP contribution in [0.25, 0.3) is 0 Å². The van der Waals surface area contributed by atoms with Gasteiger partial charge in [0.15, 0.2) is 0 Å². The van der Waals surface area contributed by atoms with E-state index in [1.807, 2.05) is 37.3 Å². The number of carbonyl (C=O) groups is 1. The highest BCUT2D eigenvalue weighted by Gasteiger charge is 2.09. The van der Waals surface area contributed by atoms with Crippen LogP contribution in [-0.2, 0) is 6.54 Å². The molecule has 5 heteroatoms. The highest BCUT2D eigenvalue weighted by atomic mass is 79.9. The molecular weight excluding hydrogens is 318 g/mol. The van der Waals surface area contributed by atoms with Crippen molar-refractivity contribution in [2.24, 2.45) is 5.84 Å². The maximum atomic E-state index is 12.1. The van der Waals surface area contributed by atoms with E-state index in [4.69, 9.17) is 5.84 Å². The number of hydrazine groups is 1. The monoisotopic (exact) mass is 333 g/mol. The first kappa shape index (κ1) is 14.6. The number of nitrogen functional groups attached to an aromatic ring is 1. The number of rotatable bonds is 4. The quantitative estimate of drug-likeness (QED) is 0.595. The first-order chi connectivity index (χ1) is 9.60. The maximum absolute atomic E-state index is 12.1. The predicted molar refractivity (Wildman–Crippen MR) is 84.3 cm³/mol. The van der Waals surface area contributed by atoms with E-state index in [2.05, 4.69) is 26.7 Å². The molecule has 104 valence electrons. The van der Waals surface area contributed by atoms with Crippen LogP contribution in [0.3, 0.4) is 0 Å². The van der Waals surface area contributed by atoms with Gasteiger partial charge in [0.2, 0.25) is 0 Å². The van der Waals surface area contributed by atoms with Crippen molar-refractivity contribution >= 4 is 27.5 Å². The van der Waals surface area contributed by atoms with E-state index in [1.54, 1.807) is 12.1 Å². The lowest BCUT2D eigenvalue weighted by Gasteiger charge is -2.09. The molecule has 0 heterocycles. The Hall–Kier alpha value is -1.85. The molecule has 2 aromatic carbocycles. The van der Waals surface area contributed by atoms with Crippen LogP contribution >= 0.6 is 15.9 Å². The Morgan fingerprint density at radius 2 is 1.90 bits per heavy atom. The molecule has 0 aromatic heterocycles. The van der Waals surface area contributed by atoms with E-state index in [0.29, 0.717) is 12.1 Å². The Kier molecular flexibility index (Phi) is 4.76. The standard InChI is InChI=1S/C15H16BrN3O/c1-10-8-13(19-17)6-7-14(10)15(20)18-9-11-2-4-12(16)5-3-11/h2-8,19H,9,17H2,1H3,(H,18,20). The van der Waals surface area contributed by atoms with E-state index in [0.717, 1.165) is 21.3 Å². The molecular formula is C15H16BrN3O. The second kappa shape index (κ2) is 6.54. The van der Waals surface area contributed by atoms with Crippen molar-refractivity contribution in [3.8, 4) is 0 Å². The second-order valence-corrected chi connectivity index (χ2v) is 5.40. The average molecular weight is 334 g/mol. The van der Waals surface area contributed by atoms with Gasteiger partial charge in [0.25, 0.3) is 5.91 Å². The summed E-state index contributed by atoms with van der Waals surface area (Å²) in [7, 11) is 0. The minimum absolute atomic E-state index is 0.0889. The minimum Gasteiger partial charge on any atom is -0.348 e. The summed E-state index contributed by atoms with van der Waals surface area (Å²) >= 11 is 3.38. The first-order valence-corrected chi connectivity index (χ1v) is 6.99. The van der Waals surface area contributed by atoms with Gasteiger partial charge in [-0.2, -0.15) is 0 Å². The van der Waals surface area contributed by atoms with E-state index < -0.39 is 0 Å². The third kappa shape index (κ3) is 3.59. The van der Waals surface area contributed by atoms with Gasteiger partial charge in [-0.1, -0.05) is 28.1 Å². The molecule has 0 radical (unpaired) electrons. The van der Waals surface area contributed by atoms with Crippen molar-refractivity contribution in [2.75, 3.05) is 5.43 Å². The van der Waals surface area contributed by atoms with Crippen LogP contribution in [-0.4, -0.2) is 5.91 Å². The Bertz CT molecular complexity index is 611. The van der Waals surface area contributed by atoms with Gasteiger partial charge in [0.1, 0.15) is 0 Å². The SMILES string of the molecule is Cc1cc(NN)ccc1C(=O)NCc1ccc(Br)cc1. The topological polar surface area (TPSA) is 67.1 Å². The molecule has 4 N–H and O–H groups in total. The van der Waals surface area contributed by atoms with Gasteiger partial charge in [-0.25, -0.2) is 0 Å². The third-order valence-corrected chi connectivity index (χ3v) is 3.53. The van der Waals surface area contributed by atoms with Crippen LogP contribution < -0.4 is 16.6 Å². The lowest BCUT2D eigenvalue weighted by atomic mass is 10.1. The van der Waals surface area contributed by atoms with Crippen LogP contribution in [0.5, 0.6) is 0 Å². The molecule has 0 saturated heterocycles. The number of nitrogens with two attached hydrogens (primary N) is 1. The van der Waals surface area contributed by atoms with Gasteiger partial charge in [0, 0.05) is 22.3 Å². The van der Waals surface area contributed by atoms with E-state index in [1.165, 1.54) is 0 Å². The van der Waals surface area contributed by atoms with Gasteiger partial charge in [-0.3, -0.25) is 10.6 Å². The maximum Gasteiger partial charge on any atom is 0.251 e. The zero-order chi connectivity index (χ0) is 14.5. The van der Waals surface area contributed by atoms with Crippen molar-refractivity contribution in [3.63, 3.8) is 0 Å². The molecule has 20 heavy (non-hydrogen) atoms. The number of hydrogen-bond donors (Lipinski definition) is 3. The second-order valence-electron chi connectivity index (χ2n) is 4.48. The largest absolute Gasteiger partial charge is 0.348 e. The molecule has 0 bridgehead atoms. The normalized spacial score (nSPS) is 10.2. The number of amides is 1. The van der Waals surface area contributed by atoms with Crippen LogP contribution in [0, 0.1) is 6.92 Å². The number of nitrogens with one attached hydrogen (secondary N) is 2. The van der Waals surface area contributed by atoms with Crippen molar-refractivity contribution in [1.82, 2.24) is 5.32 Å². The summed E-state index contributed by atoms with van der Waals surface area (Å²) in [4.78, 5) is 12.1. The molecule has 1 amide bonds. The van der Waals surface area contributed by atoms with Gasteiger partial charge in [-0.05, 0) is 48.4 Å². The fourth-order valence-corrected chi connectivity index (χ4v) is 2.15. The van der Waals surface area contributed by atoms with Gasteiger partial charge >= 0.3 is 0 Å². The fraction of sp³-hybridized carbons (Fsp3) is 0.133. The number of benzene rings is 2. The van der Waals surface area contributed by atoms with Crippen LogP contribution in [0.2, 0.25) is 0 Å². The molecule has 2 aromatic rings. The van der Waals surface area contributed by atoms with E-state index in [-0.39, 0.29) is 5.91 Å². The molecule has 2 rings (SSSR count). The Morgan fingerprint density at radius 1 is 1.20 bits per heavy atom. The van der Waals surface area contributed by atoms with Crippen LogP contribution in [0.4, 0.5) is 5.69 Å². The van der Waals surface area contributed by atoms with Crippen LogP contribution in [0.1, 0.15) is 21.5 Å². The minimum atomic E-state index is -0.0889. The summed E-state index contributed by atoms with van der Waals surface area (Å²) in [5.41, 5.74) is 5.94. The zero-order valence-corrected chi connectivity index (χ0v) is 12.7. The number of halogens is 1. The van der Waals surface area contributed by atoms with Crippen molar-refractivity contribution < 1.29 is 4.79 Å². The smallest absolute Gasteiger partial charge is 0.251 e. The molecule has 0 aliphatic heterocycles. The summed E-state index contributed by atoms with van der Waals surface area (Å²) in [5.74, 6) is 5.25. The number of anilines is 1. The molecule has 4 nitrogen and oxygen atoms in total. The van der Waals surface area contributed by atoms with Gasteiger partial charge < -0.3 is 10.7 Å². The Morgan fingerprint density at radius 3 is 2.50 bits per heavy atom. The summed E-state index contributed by atoms with van der Waals surface area (Å²) in [6, 6.07) is 13.2. The number of carbonyl (C=O) groups excluding carboxylic acids is 1. The third-order valence-electron chi connectivity index (χ3n) is 3.00. The zero-order valence-electron chi connectivity index (χ0n) is 11.1. The Balaban J connectivity index is 2.03. The highest BCUT2D eigenvalue weighted by Crippen LogP contribution is 2.15. The lowest BCUT2D eigenvalue weighted by molar-refractivity contribution is 0.0950. The summed E-state index contributed by atoms with van der Waals surface area (Å²) < 4.78 is 1.02. The molecule has 0 spiro atoms. The summed E-state index contributed by atoms with van der Waals surface area (Å²) in [6.45, 7) is 2.39. The van der Waals surface area contributed by atoms with Crippen molar-refractivity contribution in [1.29, 1.82) is 0 Å². The lowest BCUT2D eigenvalue weighted by Crippen LogP contribution is -2.23. The van der Waals surface area contributed by atoms with E-state index in [9.17, 15) is 4.79 Å². The molecule has 0 unspecified atom stereocenters. The van der Waals surface area contributed by atoms with E-state index >= 15 is 0 Å². The number of hydrogen-bond acceptors (Lipinski definition) is 3. The number of aryl methyl sites for hydroxylation is 1. The molecule has 0 saturated carbocycles. The molecule has 0 fully saturated rings. The summed E-state index contributed by atoms with van der Waals surface area (Å²) in [5, 5.41) is 2.91. The predicted octanol–water partition coefficient (Wildman–Crippen LogP) is 2.97. The van der Waals surface area contributed by atoms with Crippen molar-refractivity contribution in [2.45, 2.75) is 13.5 Å². The molecule has 0 aliphatic carbocycles. The van der Waals surface area contributed by atoms with Crippen molar-refractivity contribution in [3.05, 3.63) is 63.6 Å². The summed E-state index contributed by atoms with van der Waals surface area (Å²) in [6.07, 6.45) is 0. The van der Waals surface area contributed by atoms with Gasteiger partial charge in [-0.15, -0.1) is 0 Å². The fourth-order valence-electron chi connectivity index (χ4n) is 1.89. The van der Waals surface area contributed by atoms with Gasteiger partial charge in [0.05, 0.1) is 0 Å². The Labute approximate surface area is 126 Å².